The smallest absolute Gasteiger partial charge is 0.222 e. The maximum atomic E-state index is 11.9. The van der Waals surface area contributed by atoms with E-state index < -0.39 is 10.0 Å². The minimum absolute atomic E-state index is 0.0218. The van der Waals surface area contributed by atoms with Gasteiger partial charge in [0.15, 0.2) is 0 Å². The molecule has 1 saturated carbocycles. The van der Waals surface area contributed by atoms with Crippen LogP contribution in [0, 0.1) is 11.8 Å². The standard InChI is InChI=1S/C12H22N2O4S/c13-19(17,18)8-9-5-12(16)14(6-9)7-10-3-1-2-4-11(10)15/h9-11,15H,1-8H2,(H2,13,17,18). The predicted octanol–water partition coefficient (Wildman–Crippen LogP) is -0.325. The Morgan fingerprint density at radius 3 is 2.63 bits per heavy atom. The van der Waals surface area contributed by atoms with Gasteiger partial charge in [0.05, 0.1) is 11.9 Å². The molecular weight excluding hydrogens is 268 g/mol. The zero-order chi connectivity index (χ0) is 14.0. The Morgan fingerprint density at radius 2 is 2.00 bits per heavy atom. The predicted molar refractivity (Wildman–Crippen MR) is 70.6 cm³/mol. The van der Waals surface area contributed by atoms with Gasteiger partial charge in [-0.15, -0.1) is 0 Å². The molecule has 6 nitrogen and oxygen atoms in total. The number of likely N-dealkylation sites (tertiary alicyclic amines) is 1. The molecule has 0 aromatic rings. The first-order valence-corrected chi connectivity index (χ1v) is 8.53. The van der Waals surface area contributed by atoms with Gasteiger partial charge in [0, 0.05) is 31.3 Å². The molecule has 3 unspecified atom stereocenters. The van der Waals surface area contributed by atoms with Gasteiger partial charge in [-0.05, 0) is 12.8 Å². The highest BCUT2D eigenvalue weighted by atomic mass is 32.2. The Hall–Kier alpha value is -0.660. The third-order valence-corrected chi connectivity index (χ3v) is 5.02. The molecule has 7 heteroatoms. The second kappa shape index (κ2) is 5.76. The normalized spacial score (nSPS) is 32.8. The molecule has 0 bridgehead atoms. The summed E-state index contributed by atoms with van der Waals surface area (Å²) in [5, 5.41) is 14.9. The average molecular weight is 290 g/mol. The SMILES string of the molecule is NS(=O)(=O)CC1CC(=O)N(CC2CCCCC2O)C1. The summed E-state index contributed by atoms with van der Waals surface area (Å²) in [5.74, 6) is -0.233. The number of carbonyl (C=O) groups excluding carboxylic acids is 1. The summed E-state index contributed by atoms with van der Waals surface area (Å²) >= 11 is 0. The highest BCUT2D eigenvalue weighted by Gasteiger charge is 2.34. The van der Waals surface area contributed by atoms with Crippen LogP contribution in [0.3, 0.4) is 0 Å². The third kappa shape index (κ3) is 4.15. The number of nitrogens with zero attached hydrogens (tertiary/aromatic N) is 1. The van der Waals surface area contributed by atoms with Crippen LogP contribution in [0.2, 0.25) is 0 Å². The van der Waals surface area contributed by atoms with Crippen LogP contribution in [0.4, 0.5) is 0 Å². The molecule has 0 aromatic carbocycles. The Labute approximate surface area is 114 Å². The maximum Gasteiger partial charge on any atom is 0.222 e. The van der Waals surface area contributed by atoms with Crippen molar-refractivity contribution in [1.82, 2.24) is 4.90 Å². The van der Waals surface area contributed by atoms with Crippen molar-refractivity contribution in [2.24, 2.45) is 17.0 Å². The number of nitrogens with two attached hydrogens (primary N) is 1. The third-order valence-electron chi connectivity index (χ3n) is 4.09. The summed E-state index contributed by atoms with van der Waals surface area (Å²) in [6.45, 7) is 0.986. The number of primary sulfonamides is 1. The Kier molecular flexibility index (Phi) is 4.47. The second-order valence-electron chi connectivity index (χ2n) is 5.81. The first-order chi connectivity index (χ1) is 8.85. The van der Waals surface area contributed by atoms with E-state index in [1.54, 1.807) is 4.90 Å². The molecule has 0 aromatic heterocycles. The van der Waals surface area contributed by atoms with Crippen molar-refractivity contribution in [3.63, 3.8) is 0 Å². The van der Waals surface area contributed by atoms with Crippen LogP contribution in [0.1, 0.15) is 32.1 Å². The lowest BCUT2D eigenvalue weighted by atomic mass is 9.86. The lowest BCUT2D eigenvalue weighted by Gasteiger charge is -2.31. The fourth-order valence-electron chi connectivity index (χ4n) is 3.15. The van der Waals surface area contributed by atoms with Gasteiger partial charge in [0.1, 0.15) is 0 Å². The highest BCUT2D eigenvalue weighted by Crippen LogP contribution is 2.28. The van der Waals surface area contributed by atoms with Crippen molar-refractivity contribution < 1.29 is 18.3 Å². The molecule has 1 amide bonds. The summed E-state index contributed by atoms with van der Waals surface area (Å²) in [6.07, 6.45) is 3.78. The van der Waals surface area contributed by atoms with Crippen molar-refractivity contribution >= 4 is 15.9 Å². The molecule has 1 saturated heterocycles. The van der Waals surface area contributed by atoms with E-state index in [0.29, 0.717) is 13.1 Å². The number of aliphatic hydroxyl groups is 1. The number of aliphatic hydroxyl groups excluding tert-OH is 1. The molecule has 0 spiro atoms. The van der Waals surface area contributed by atoms with Gasteiger partial charge in [-0.25, -0.2) is 13.6 Å². The van der Waals surface area contributed by atoms with Crippen molar-refractivity contribution in [1.29, 1.82) is 0 Å². The number of carbonyl (C=O) groups is 1. The van der Waals surface area contributed by atoms with Gasteiger partial charge in [0.2, 0.25) is 15.9 Å². The average Bonchev–Trinajstić information content (AvgIpc) is 2.60. The molecule has 110 valence electrons. The number of hydrogen-bond acceptors (Lipinski definition) is 4. The topological polar surface area (TPSA) is 101 Å². The van der Waals surface area contributed by atoms with E-state index in [9.17, 15) is 18.3 Å². The number of rotatable bonds is 4. The maximum absolute atomic E-state index is 11.9. The monoisotopic (exact) mass is 290 g/mol. The van der Waals surface area contributed by atoms with Crippen LogP contribution in [0.25, 0.3) is 0 Å². The molecule has 2 aliphatic rings. The zero-order valence-electron chi connectivity index (χ0n) is 11.0. The van der Waals surface area contributed by atoms with E-state index >= 15 is 0 Å². The van der Waals surface area contributed by atoms with Crippen LogP contribution in [0.15, 0.2) is 0 Å². The Bertz CT molecular complexity index is 437. The van der Waals surface area contributed by atoms with Crippen molar-refractivity contribution in [2.45, 2.75) is 38.2 Å². The Morgan fingerprint density at radius 1 is 1.32 bits per heavy atom. The lowest BCUT2D eigenvalue weighted by Crippen LogP contribution is -2.38. The summed E-state index contributed by atoms with van der Waals surface area (Å²) in [6, 6.07) is 0. The first-order valence-electron chi connectivity index (χ1n) is 6.81. The van der Waals surface area contributed by atoms with Crippen LogP contribution >= 0.6 is 0 Å². The van der Waals surface area contributed by atoms with E-state index in [4.69, 9.17) is 5.14 Å². The lowest BCUT2D eigenvalue weighted by molar-refractivity contribution is -0.129. The van der Waals surface area contributed by atoms with Gasteiger partial charge >= 0.3 is 0 Å². The summed E-state index contributed by atoms with van der Waals surface area (Å²) in [4.78, 5) is 13.5. The van der Waals surface area contributed by atoms with E-state index in [-0.39, 0.29) is 36.0 Å². The van der Waals surface area contributed by atoms with Crippen LogP contribution < -0.4 is 5.14 Å². The molecule has 3 atom stereocenters. The molecule has 0 radical (unpaired) electrons. The second-order valence-corrected chi connectivity index (χ2v) is 7.47. The molecule has 2 fully saturated rings. The van der Waals surface area contributed by atoms with E-state index in [2.05, 4.69) is 0 Å². The van der Waals surface area contributed by atoms with Crippen LogP contribution in [-0.2, 0) is 14.8 Å². The molecule has 1 aliphatic heterocycles. The van der Waals surface area contributed by atoms with Crippen molar-refractivity contribution in [3.8, 4) is 0 Å². The molecule has 3 N–H and O–H groups in total. The number of hydrogen-bond donors (Lipinski definition) is 2. The largest absolute Gasteiger partial charge is 0.393 e. The minimum atomic E-state index is -3.53. The minimum Gasteiger partial charge on any atom is -0.393 e. The van der Waals surface area contributed by atoms with E-state index in [0.717, 1.165) is 25.7 Å². The van der Waals surface area contributed by atoms with Gasteiger partial charge in [-0.2, -0.15) is 0 Å². The number of sulfonamides is 1. The van der Waals surface area contributed by atoms with Gasteiger partial charge in [-0.1, -0.05) is 12.8 Å². The van der Waals surface area contributed by atoms with Crippen molar-refractivity contribution in [3.05, 3.63) is 0 Å². The fourth-order valence-corrected chi connectivity index (χ4v) is 4.04. The molecular formula is C12H22N2O4S. The van der Waals surface area contributed by atoms with Crippen molar-refractivity contribution in [2.75, 3.05) is 18.8 Å². The quantitative estimate of drug-likeness (QED) is 0.740. The van der Waals surface area contributed by atoms with E-state index in [1.807, 2.05) is 0 Å². The molecule has 1 aliphatic carbocycles. The zero-order valence-corrected chi connectivity index (χ0v) is 11.8. The highest BCUT2D eigenvalue weighted by molar-refractivity contribution is 7.89. The summed E-state index contributed by atoms with van der Waals surface area (Å²) < 4.78 is 22.1. The van der Waals surface area contributed by atoms with Crippen LogP contribution in [0.5, 0.6) is 0 Å². The fraction of sp³-hybridized carbons (Fsp3) is 0.917. The molecule has 2 rings (SSSR count). The molecule has 19 heavy (non-hydrogen) atoms. The molecule has 1 heterocycles. The van der Waals surface area contributed by atoms with E-state index in [1.165, 1.54) is 0 Å². The van der Waals surface area contributed by atoms with Crippen LogP contribution in [-0.4, -0.2) is 49.3 Å². The summed E-state index contributed by atoms with van der Waals surface area (Å²) in [5.41, 5.74) is 0. The van der Waals surface area contributed by atoms with Gasteiger partial charge < -0.3 is 10.0 Å². The number of amides is 1. The Balaban J connectivity index is 1.89. The first kappa shape index (κ1) is 14.7. The summed E-state index contributed by atoms with van der Waals surface area (Å²) in [7, 11) is -3.53. The van der Waals surface area contributed by atoms with Gasteiger partial charge in [0.25, 0.3) is 0 Å². The van der Waals surface area contributed by atoms with Gasteiger partial charge in [-0.3, -0.25) is 4.79 Å².